The van der Waals surface area contributed by atoms with Crippen molar-refractivity contribution in [3.8, 4) is 5.75 Å². The van der Waals surface area contributed by atoms with Crippen molar-refractivity contribution in [1.82, 2.24) is 0 Å². The largest absolute Gasteiger partial charge is 0.481 e. The van der Waals surface area contributed by atoms with Gasteiger partial charge in [-0.3, -0.25) is 4.79 Å². The Morgan fingerprint density at radius 1 is 1.08 bits per heavy atom. The maximum Gasteiger partial charge on any atom is 0.265 e. The first-order valence-corrected chi connectivity index (χ1v) is 8.78. The minimum absolute atomic E-state index is 0.137. The van der Waals surface area contributed by atoms with E-state index in [4.69, 9.17) is 4.74 Å². The van der Waals surface area contributed by atoms with Gasteiger partial charge in [-0.25, -0.2) is 0 Å². The topological polar surface area (TPSA) is 38.3 Å². The molecule has 0 radical (unpaired) electrons. The fourth-order valence-electron chi connectivity index (χ4n) is 2.53. The highest BCUT2D eigenvalue weighted by Crippen LogP contribution is 2.20. The van der Waals surface area contributed by atoms with Gasteiger partial charge < -0.3 is 10.1 Å². The van der Waals surface area contributed by atoms with E-state index < -0.39 is 6.10 Å². The van der Waals surface area contributed by atoms with Crippen LogP contribution >= 0.6 is 0 Å². The van der Waals surface area contributed by atoms with Gasteiger partial charge in [-0.2, -0.15) is 0 Å². The van der Waals surface area contributed by atoms with Crippen molar-refractivity contribution in [2.45, 2.75) is 52.6 Å². The summed E-state index contributed by atoms with van der Waals surface area (Å²) in [6.07, 6.45) is 3.79. The number of nitrogens with one attached hydrogen (secondary N) is 1. The molecule has 0 bridgehead atoms. The predicted molar refractivity (Wildman–Crippen MR) is 99.6 cm³/mol. The van der Waals surface area contributed by atoms with E-state index in [-0.39, 0.29) is 5.91 Å². The van der Waals surface area contributed by atoms with E-state index in [1.165, 1.54) is 18.4 Å². The highest BCUT2D eigenvalue weighted by atomic mass is 16.5. The van der Waals surface area contributed by atoms with Gasteiger partial charge in [0.1, 0.15) is 5.75 Å². The van der Waals surface area contributed by atoms with Crippen molar-refractivity contribution in [2.75, 3.05) is 5.32 Å². The van der Waals surface area contributed by atoms with E-state index >= 15 is 0 Å². The lowest BCUT2D eigenvalue weighted by Gasteiger charge is -2.17. The maximum absolute atomic E-state index is 12.3. The first-order valence-electron chi connectivity index (χ1n) is 8.78. The summed E-state index contributed by atoms with van der Waals surface area (Å²) >= 11 is 0. The molecule has 0 fully saturated rings. The molecule has 3 nitrogen and oxygen atoms in total. The zero-order valence-electron chi connectivity index (χ0n) is 14.8. The fourth-order valence-corrected chi connectivity index (χ4v) is 2.53. The molecular weight excluding hydrogens is 298 g/mol. The number of amides is 1. The lowest BCUT2D eigenvalue weighted by atomic mass is 10.1. The number of benzene rings is 2. The van der Waals surface area contributed by atoms with Gasteiger partial charge in [0.05, 0.1) is 0 Å². The van der Waals surface area contributed by atoms with Crippen molar-refractivity contribution in [1.29, 1.82) is 0 Å². The van der Waals surface area contributed by atoms with Crippen LogP contribution in [0.1, 0.15) is 44.7 Å². The number of para-hydroxylation sites is 1. The van der Waals surface area contributed by atoms with Gasteiger partial charge in [-0.05, 0) is 55.5 Å². The summed E-state index contributed by atoms with van der Waals surface area (Å²) in [5, 5.41) is 2.92. The molecule has 1 N–H and O–H groups in total. The third-order valence-corrected chi connectivity index (χ3v) is 4.07. The van der Waals surface area contributed by atoms with Gasteiger partial charge in [-0.1, -0.05) is 50.6 Å². The minimum atomic E-state index is -0.544. The minimum Gasteiger partial charge on any atom is -0.481 e. The van der Waals surface area contributed by atoms with Crippen LogP contribution in [0.25, 0.3) is 0 Å². The molecule has 2 aromatic carbocycles. The van der Waals surface area contributed by atoms with Crippen molar-refractivity contribution < 1.29 is 9.53 Å². The second-order valence-corrected chi connectivity index (χ2v) is 6.01. The average Bonchev–Trinajstić information content (AvgIpc) is 2.61. The summed E-state index contributed by atoms with van der Waals surface area (Å²) in [6.45, 7) is 6.04. The molecule has 0 spiro atoms. The van der Waals surface area contributed by atoms with Gasteiger partial charge in [-0.15, -0.1) is 0 Å². The molecule has 0 saturated carbocycles. The van der Waals surface area contributed by atoms with Gasteiger partial charge in [0.25, 0.3) is 5.91 Å². The van der Waals surface area contributed by atoms with Crippen LogP contribution in [0.5, 0.6) is 5.75 Å². The van der Waals surface area contributed by atoms with E-state index in [0.717, 1.165) is 29.8 Å². The molecule has 0 heterocycles. The second-order valence-electron chi connectivity index (χ2n) is 6.01. The Kier molecular flexibility index (Phi) is 6.86. The van der Waals surface area contributed by atoms with Crippen LogP contribution in [0.3, 0.4) is 0 Å². The van der Waals surface area contributed by atoms with Crippen molar-refractivity contribution in [3.63, 3.8) is 0 Å². The summed E-state index contributed by atoms with van der Waals surface area (Å²) in [5.74, 6) is 0.639. The smallest absolute Gasteiger partial charge is 0.265 e. The number of anilines is 1. The number of carbonyl (C=O) groups excluding carboxylic acids is 1. The summed E-state index contributed by atoms with van der Waals surface area (Å²) in [7, 11) is 0. The molecule has 0 aliphatic heterocycles. The number of rotatable bonds is 8. The molecule has 2 rings (SSSR count). The van der Waals surface area contributed by atoms with E-state index in [9.17, 15) is 4.79 Å². The zero-order chi connectivity index (χ0) is 17.4. The third-order valence-electron chi connectivity index (χ3n) is 4.07. The maximum atomic E-state index is 12.3. The Morgan fingerprint density at radius 2 is 1.79 bits per heavy atom. The van der Waals surface area contributed by atoms with Crippen molar-refractivity contribution in [2.24, 2.45) is 0 Å². The Morgan fingerprint density at radius 3 is 2.46 bits per heavy atom. The van der Waals surface area contributed by atoms with Gasteiger partial charge in [0, 0.05) is 5.69 Å². The molecule has 3 heteroatoms. The molecule has 24 heavy (non-hydrogen) atoms. The standard InChI is InChI=1S/C21H27NO2/c1-4-6-9-17-12-14-19(15-13-17)22-21(23)16(3)24-20-11-8-7-10-18(20)5-2/h7-8,10-16H,4-6,9H2,1-3H3,(H,22,23)/t16-/m0/s1. The Labute approximate surface area is 145 Å². The normalized spacial score (nSPS) is 11.8. The van der Waals surface area contributed by atoms with Crippen LogP contribution < -0.4 is 10.1 Å². The highest BCUT2D eigenvalue weighted by Gasteiger charge is 2.16. The molecule has 128 valence electrons. The molecule has 0 unspecified atom stereocenters. The number of hydrogen-bond acceptors (Lipinski definition) is 2. The Hall–Kier alpha value is -2.29. The quantitative estimate of drug-likeness (QED) is 0.742. The highest BCUT2D eigenvalue weighted by molar-refractivity contribution is 5.94. The molecule has 0 saturated heterocycles. The molecule has 0 aliphatic carbocycles. The molecule has 2 aromatic rings. The zero-order valence-corrected chi connectivity index (χ0v) is 14.8. The van der Waals surface area contributed by atoms with Crippen LogP contribution in [0, 0.1) is 0 Å². The molecular formula is C21H27NO2. The fraction of sp³-hybridized carbons (Fsp3) is 0.381. The molecule has 0 aromatic heterocycles. The summed E-state index contributed by atoms with van der Waals surface area (Å²) in [6, 6.07) is 15.9. The van der Waals surface area contributed by atoms with E-state index in [2.05, 4.69) is 31.3 Å². The van der Waals surface area contributed by atoms with E-state index in [1.807, 2.05) is 36.4 Å². The first kappa shape index (κ1) is 18.1. The van der Waals surface area contributed by atoms with Crippen LogP contribution in [-0.2, 0) is 17.6 Å². The predicted octanol–water partition coefficient (Wildman–Crippen LogP) is 5.00. The van der Waals surface area contributed by atoms with Crippen molar-refractivity contribution in [3.05, 3.63) is 59.7 Å². The SMILES string of the molecule is CCCCc1ccc(NC(=O)[C@H](C)Oc2ccccc2CC)cc1. The number of hydrogen-bond donors (Lipinski definition) is 1. The van der Waals surface area contributed by atoms with Crippen LogP contribution in [-0.4, -0.2) is 12.0 Å². The first-order chi connectivity index (χ1) is 11.6. The number of carbonyl (C=O) groups is 1. The lowest BCUT2D eigenvalue weighted by molar-refractivity contribution is -0.122. The summed E-state index contributed by atoms with van der Waals surface area (Å²) in [5.41, 5.74) is 3.22. The van der Waals surface area contributed by atoms with Gasteiger partial charge in [0.15, 0.2) is 6.10 Å². The van der Waals surface area contributed by atoms with E-state index in [1.54, 1.807) is 6.92 Å². The number of unbranched alkanes of at least 4 members (excludes halogenated alkanes) is 1. The average molecular weight is 325 g/mol. The number of ether oxygens (including phenoxy) is 1. The van der Waals surface area contributed by atoms with Crippen LogP contribution in [0.15, 0.2) is 48.5 Å². The summed E-state index contributed by atoms with van der Waals surface area (Å²) < 4.78 is 5.84. The Bertz CT molecular complexity index is 649. The Balaban J connectivity index is 1.93. The lowest BCUT2D eigenvalue weighted by Crippen LogP contribution is -2.30. The third kappa shape index (κ3) is 5.12. The molecule has 0 aliphatic rings. The molecule has 1 atom stereocenters. The summed E-state index contributed by atoms with van der Waals surface area (Å²) in [4.78, 5) is 12.3. The van der Waals surface area contributed by atoms with Crippen LogP contribution in [0.4, 0.5) is 5.69 Å². The van der Waals surface area contributed by atoms with E-state index in [0.29, 0.717) is 0 Å². The van der Waals surface area contributed by atoms with Gasteiger partial charge in [0.2, 0.25) is 0 Å². The monoisotopic (exact) mass is 325 g/mol. The molecule has 1 amide bonds. The van der Waals surface area contributed by atoms with Crippen LogP contribution in [0.2, 0.25) is 0 Å². The number of aryl methyl sites for hydroxylation is 2. The van der Waals surface area contributed by atoms with Crippen molar-refractivity contribution >= 4 is 11.6 Å². The second kappa shape index (κ2) is 9.11. The van der Waals surface area contributed by atoms with Gasteiger partial charge >= 0.3 is 0 Å².